The molecule has 0 aliphatic carbocycles. The van der Waals surface area contributed by atoms with Crippen molar-refractivity contribution in [3.8, 4) is 0 Å². The van der Waals surface area contributed by atoms with E-state index >= 15 is 0 Å². The van der Waals surface area contributed by atoms with Crippen LogP contribution in [0.3, 0.4) is 0 Å². The molecule has 0 saturated carbocycles. The Morgan fingerprint density at radius 1 is 1.00 bits per heavy atom. The third kappa shape index (κ3) is 4.45. The number of benzene rings is 2. The molecule has 5 rings (SSSR count). The number of hydrogen-bond acceptors (Lipinski definition) is 4. The Morgan fingerprint density at radius 2 is 1.79 bits per heavy atom. The molecule has 2 N–H and O–H groups in total. The van der Waals surface area contributed by atoms with Crippen molar-refractivity contribution < 1.29 is 9.59 Å². The van der Waals surface area contributed by atoms with Crippen molar-refractivity contribution >= 4 is 29.1 Å². The zero-order valence-electron chi connectivity index (χ0n) is 19.1. The van der Waals surface area contributed by atoms with Crippen LogP contribution in [0, 0.1) is 6.92 Å². The zero-order valence-corrected chi connectivity index (χ0v) is 19.1. The van der Waals surface area contributed by atoms with E-state index < -0.39 is 12.2 Å². The Kier molecular flexibility index (Phi) is 6.03. The van der Waals surface area contributed by atoms with E-state index in [4.69, 9.17) is 4.99 Å². The van der Waals surface area contributed by atoms with Gasteiger partial charge < -0.3 is 20.4 Å². The van der Waals surface area contributed by atoms with Gasteiger partial charge in [-0.2, -0.15) is 0 Å². The number of urea groups is 1. The molecule has 2 aromatic rings. The van der Waals surface area contributed by atoms with Gasteiger partial charge in [0.15, 0.2) is 0 Å². The Balaban J connectivity index is 1.49. The minimum atomic E-state index is -0.966. The molecule has 0 radical (unpaired) electrons. The van der Waals surface area contributed by atoms with Gasteiger partial charge in [0.1, 0.15) is 5.84 Å². The van der Waals surface area contributed by atoms with E-state index in [9.17, 15) is 9.59 Å². The number of amides is 3. The molecule has 0 bridgehead atoms. The number of carbonyl (C=O) groups is 2. The van der Waals surface area contributed by atoms with E-state index in [2.05, 4.69) is 33.7 Å². The van der Waals surface area contributed by atoms with Crippen molar-refractivity contribution in [1.82, 2.24) is 10.2 Å². The number of para-hydroxylation sites is 1. The number of amidine groups is 1. The molecule has 0 spiro atoms. The molecule has 172 valence electrons. The first-order valence-corrected chi connectivity index (χ1v) is 12.0. The third-order valence-electron chi connectivity index (χ3n) is 6.66. The number of rotatable bonds is 2. The van der Waals surface area contributed by atoms with Crippen LogP contribution >= 0.6 is 0 Å². The summed E-state index contributed by atoms with van der Waals surface area (Å²) < 4.78 is 0. The lowest BCUT2D eigenvalue weighted by Crippen LogP contribution is -2.49. The number of aliphatic imine (C=N–C) groups is 1. The van der Waals surface area contributed by atoms with E-state index in [1.165, 1.54) is 18.4 Å². The van der Waals surface area contributed by atoms with Crippen molar-refractivity contribution in [2.45, 2.75) is 51.6 Å². The molecular formula is C26H31N5O2. The summed E-state index contributed by atoms with van der Waals surface area (Å²) >= 11 is 0. The fourth-order valence-corrected chi connectivity index (χ4v) is 5.09. The van der Waals surface area contributed by atoms with Crippen LogP contribution in [0.25, 0.3) is 0 Å². The zero-order chi connectivity index (χ0) is 22.8. The summed E-state index contributed by atoms with van der Waals surface area (Å²) in [6, 6.07) is 13.4. The number of nitrogens with zero attached hydrogens (tertiary/aromatic N) is 3. The number of likely N-dealkylation sites (tertiary alicyclic amines) is 1. The number of nitrogens with one attached hydrogen (secondary N) is 2. The highest BCUT2D eigenvalue weighted by atomic mass is 16.2. The molecular weight excluding hydrogens is 414 g/mol. The van der Waals surface area contributed by atoms with Crippen LogP contribution in [-0.2, 0) is 11.2 Å². The van der Waals surface area contributed by atoms with Gasteiger partial charge in [-0.3, -0.25) is 4.79 Å². The summed E-state index contributed by atoms with van der Waals surface area (Å²) in [5.74, 6) is 0.653. The van der Waals surface area contributed by atoms with Crippen LogP contribution in [0.2, 0.25) is 0 Å². The van der Waals surface area contributed by atoms with Crippen LogP contribution in [0.15, 0.2) is 47.5 Å². The second-order valence-electron chi connectivity index (χ2n) is 9.13. The van der Waals surface area contributed by atoms with Crippen molar-refractivity contribution in [3.63, 3.8) is 0 Å². The minimum absolute atomic E-state index is 0.174. The van der Waals surface area contributed by atoms with Crippen LogP contribution in [0.4, 0.5) is 16.2 Å². The molecule has 1 unspecified atom stereocenters. The van der Waals surface area contributed by atoms with Crippen LogP contribution in [0.5, 0.6) is 0 Å². The van der Waals surface area contributed by atoms with E-state index in [1.54, 1.807) is 0 Å². The number of carbonyl (C=O) groups excluding carboxylic acids is 2. The highest BCUT2D eigenvalue weighted by molar-refractivity contribution is 6.13. The first-order valence-electron chi connectivity index (χ1n) is 12.0. The average Bonchev–Trinajstić information content (AvgIpc) is 3.14. The topological polar surface area (TPSA) is 77.0 Å². The first-order chi connectivity index (χ1) is 16.1. The third-order valence-corrected chi connectivity index (χ3v) is 6.66. The summed E-state index contributed by atoms with van der Waals surface area (Å²) in [5, 5.41) is 5.70. The lowest BCUT2D eigenvalue weighted by Gasteiger charge is -2.32. The minimum Gasteiger partial charge on any atom is -0.356 e. The molecule has 1 saturated heterocycles. The van der Waals surface area contributed by atoms with Gasteiger partial charge >= 0.3 is 6.03 Å². The van der Waals surface area contributed by atoms with Crippen LogP contribution in [0.1, 0.15) is 48.8 Å². The Bertz CT molecular complexity index is 1090. The maximum absolute atomic E-state index is 13.6. The van der Waals surface area contributed by atoms with Gasteiger partial charge in [-0.05, 0) is 61.9 Å². The second kappa shape index (κ2) is 9.25. The van der Waals surface area contributed by atoms with Gasteiger partial charge in [0.2, 0.25) is 6.17 Å². The van der Waals surface area contributed by atoms with Crippen LogP contribution < -0.4 is 15.5 Å². The van der Waals surface area contributed by atoms with Gasteiger partial charge in [0.05, 0.1) is 5.69 Å². The summed E-state index contributed by atoms with van der Waals surface area (Å²) in [4.78, 5) is 35.5. The van der Waals surface area contributed by atoms with Gasteiger partial charge in [-0.15, -0.1) is 0 Å². The van der Waals surface area contributed by atoms with E-state index in [-0.39, 0.29) is 5.91 Å². The van der Waals surface area contributed by atoms with Gasteiger partial charge in [0.25, 0.3) is 5.91 Å². The highest BCUT2D eigenvalue weighted by Crippen LogP contribution is 2.35. The second-order valence-corrected chi connectivity index (χ2v) is 9.13. The molecule has 1 fully saturated rings. The Labute approximate surface area is 194 Å². The quantitative estimate of drug-likeness (QED) is 0.732. The van der Waals surface area contributed by atoms with Gasteiger partial charge in [-0.25, -0.2) is 9.79 Å². The fourth-order valence-electron chi connectivity index (χ4n) is 5.09. The SMILES string of the molecule is Cc1cccc(NC(=O)NC2N=C(N3CCCCCC3)c3cccc4c3N(CCC4)C2=O)c1. The maximum Gasteiger partial charge on any atom is 0.321 e. The molecule has 3 aliphatic rings. The molecule has 7 heteroatoms. The predicted octanol–water partition coefficient (Wildman–Crippen LogP) is 4.06. The molecule has 33 heavy (non-hydrogen) atoms. The first kappa shape index (κ1) is 21.5. The highest BCUT2D eigenvalue weighted by Gasteiger charge is 2.36. The number of hydrogen-bond donors (Lipinski definition) is 2. The average molecular weight is 446 g/mol. The summed E-state index contributed by atoms with van der Waals surface area (Å²) in [6.45, 7) is 4.45. The normalized spacial score (nSPS) is 20.3. The summed E-state index contributed by atoms with van der Waals surface area (Å²) in [5.41, 5.74) is 4.90. The number of anilines is 2. The van der Waals surface area contributed by atoms with E-state index in [1.807, 2.05) is 36.1 Å². The fraction of sp³-hybridized carbons (Fsp3) is 0.423. The van der Waals surface area contributed by atoms with Crippen LogP contribution in [-0.4, -0.2) is 48.5 Å². The molecule has 3 amide bonds. The predicted molar refractivity (Wildman–Crippen MR) is 131 cm³/mol. The molecule has 7 nitrogen and oxygen atoms in total. The monoisotopic (exact) mass is 445 g/mol. The maximum atomic E-state index is 13.6. The van der Waals surface area contributed by atoms with Gasteiger partial charge in [-0.1, -0.05) is 37.1 Å². The largest absolute Gasteiger partial charge is 0.356 e. The molecule has 2 aromatic carbocycles. The summed E-state index contributed by atoms with van der Waals surface area (Å²) in [6.07, 6.45) is 5.53. The van der Waals surface area contributed by atoms with Crippen molar-refractivity contribution in [2.75, 3.05) is 29.9 Å². The molecule has 3 heterocycles. The van der Waals surface area contributed by atoms with Gasteiger partial charge in [0, 0.05) is 30.9 Å². The van der Waals surface area contributed by atoms with Crippen molar-refractivity contribution in [2.24, 2.45) is 4.99 Å². The van der Waals surface area contributed by atoms with Crippen molar-refractivity contribution in [3.05, 3.63) is 59.2 Å². The smallest absolute Gasteiger partial charge is 0.321 e. The molecule has 3 aliphatic heterocycles. The van der Waals surface area contributed by atoms with Crippen molar-refractivity contribution in [1.29, 1.82) is 0 Å². The molecule has 0 aromatic heterocycles. The summed E-state index contributed by atoms with van der Waals surface area (Å²) in [7, 11) is 0. The van der Waals surface area contributed by atoms with E-state index in [0.29, 0.717) is 12.2 Å². The molecule has 1 atom stereocenters. The standard InChI is InChI=1S/C26H31N5O2/c1-18-9-6-12-20(17-18)27-26(33)29-23-25(32)31-16-8-11-19-10-7-13-21(22(19)31)24(28-23)30-14-4-2-3-5-15-30/h6-7,9-10,12-13,17,23H,2-5,8,11,14-16H2,1H3,(H2,27,29,33). The number of aryl methyl sites for hydroxylation is 2. The lowest BCUT2D eigenvalue weighted by molar-refractivity contribution is -0.120. The van der Waals surface area contributed by atoms with E-state index in [0.717, 1.165) is 61.4 Å². The Morgan fingerprint density at radius 3 is 2.58 bits per heavy atom. The lowest BCUT2D eigenvalue weighted by atomic mass is 9.97. The Hall–Kier alpha value is -3.35.